The molecule has 8 atom stereocenters. The number of hydrogen-bond acceptors (Lipinski definition) is 18. The number of methoxy groups -OCH3 is 1. The maximum atomic E-state index is 14.0. The number of ether oxygens (including phenoxy) is 3. The van der Waals surface area contributed by atoms with Crippen LogP contribution in [0.25, 0.3) is 0 Å². The highest BCUT2D eigenvalue weighted by Crippen LogP contribution is 2.52. The number of benzene rings is 3. The van der Waals surface area contributed by atoms with Gasteiger partial charge in [-0.05, 0) is 64.3 Å². The minimum Gasteiger partial charge on any atom is -0.508 e. The molecule has 11 N–H and O–H groups in total. The molecule has 3 aromatic rings. The first kappa shape index (κ1) is 53.9. The number of fused-ring (bicyclic) bond motifs is 3. The van der Waals surface area contributed by atoms with Crippen LogP contribution in [0.15, 0.2) is 47.6 Å². The zero-order valence-corrected chi connectivity index (χ0v) is 40.1. The summed E-state index contributed by atoms with van der Waals surface area (Å²) < 4.78 is 17.6. The number of aromatic hydroxyl groups is 3. The quantitative estimate of drug-likeness (QED) is 0.0323. The third-order valence-electron chi connectivity index (χ3n) is 12.7. The largest absolute Gasteiger partial charge is 0.508 e. The van der Waals surface area contributed by atoms with E-state index >= 15 is 0 Å². The number of hydrogen-bond donors (Lipinski definition) is 10. The van der Waals surface area contributed by atoms with Crippen LogP contribution in [0.4, 0.5) is 0 Å². The Labute approximate surface area is 412 Å². The number of primary amides is 1. The molecule has 2 aliphatic carbocycles. The normalized spacial score (nSPS) is 22.2. The van der Waals surface area contributed by atoms with E-state index in [-0.39, 0.29) is 65.9 Å². The number of aliphatic hydroxyl groups excluding tert-OH is 1. The standard InChI is InChI=1S/C49H58N6O17/c1-22(55-70-21-36(60)52-23(2)47(66)54-31(48(67)51-20-34(50)58)16-26-12-14-27(57)15-13-26)8-6-11-35(59)53-30-17-37(71-24(3)42(30)61)72-33-19-49(68,25(4)56)18-29-39(33)46(65)41-40(44(29)63)43(62)28-9-7-10-32(69-5)38(28)45(41)64/h7,9-10,12-15,23-24,30-31,33,37,42,57,61,63,65,68H,6,8,11,16-21H2,1-5H3,(H2,50,58)(H,51,67)(H,52,60)(H,53,59)(H,54,66)/b55-22+/t23-,24?,30?,31-,33-,37?,42?,49-/m0/s1. The van der Waals surface area contributed by atoms with Gasteiger partial charge < -0.3 is 71.6 Å². The van der Waals surface area contributed by atoms with Crippen LogP contribution in [-0.4, -0.2) is 141 Å². The van der Waals surface area contributed by atoms with Gasteiger partial charge >= 0.3 is 0 Å². The summed E-state index contributed by atoms with van der Waals surface area (Å²) in [6.45, 7) is 4.58. The number of phenols is 3. The number of nitrogens with one attached hydrogen (secondary N) is 4. The first-order chi connectivity index (χ1) is 34.0. The van der Waals surface area contributed by atoms with E-state index in [1.807, 2.05) is 0 Å². The molecule has 4 unspecified atom stereocenters. The zero-order chi connectivity index (χ0) is 52.8. The van der Waals surface area contributed by atoms with Crippen molar-refractivity contribution in [2.24, 2.45) is 10.9 Å². The van der Waals surface area contributed by atoms with E-state index < -0.39 is 144 Å². The molecule has 0 bridgehead atoms. The highest BCUT2D eigenvalue weighted by Gasteiger charge is 2.50. The summed E-state index contributed by atoms with van der Waals surface area (Å²) in [6.07, 6.45) is -5.52. The van der Waals surface area contributed by atoms with Gasteiger partial charge in [0.05, 0.1) is 54.3 Å². The van der Waals surface area contributed by atoms with Gasteiger partial charge in [-0.3, -0.25) is 38.4 Å². The molecule has 1 heterocycles. The van der Waals surface area contributed by atoms with Gasteiger partial charge in [0.1, 0.15) is 46.8 Å². The third-order valence-corrected chi connectivity index (χ3v) is 12.7. The second-order valence-corrected chi connectivity index (χ2v) is 18.0. The fraction of sp³-hybridized carbons (Fsp3) is 0.449. The Balaban J connectivity index is 1.02. The summed E-state index contributed by atoms with van der Waals surface area (Å²) in [6, 6.07) is 6.97. The lowest BCUT2D eigenvalue weighted by Gasteiger charge is -2.42. The molecule has 3 aliphatic rings. The number of ketones is 3. The van der Waals surface area contributed by atoms with Crippen LogP contribution in [0.1, 0.15) is 114 Å². The summed E-state index contributed by atoms with van der Waals surface area (Å²) in [5.41, 5.74) is 2.39. The average Bonchev–Trinajstić information content (AvgIpc) is 3.32. The molecule has 5 amide bonds. The molecule has 72 heavy (non-hydrogen) atoms. The number of amides is 5. The van der Waals surface area contributed by atoms with Crippen molar-refractivity contribution < 1.29 is 82.9 Å². The Morgan fingerprint density at radius 2 is 1.61 bits per heavy atom. The second-order valence-electron chi connectivity index (χ2n) is 18.0. The van der Waals surface area contributed by atoms with Crippen molar-refractivity contribution in [3.05, 3.63) is 81.4 Å². The fourth-order valence-electron chi connectivity index (χ4n) is 8.82. The van der Waals surface area contributed by atoms with Crippen molar-refractivity contribution in [3.8, 4) is 23.0 Å². The predicted octanol–water partition coefficient (Wildman–Crippen LogP) is 0.289. The minimum absolute atomic E-state index is 0.00604. The Hall–Kier alpha value is -7.47. The van der Waals surface area contributed by atoms with Crippen molar-refractivity contribution in [2.75, 3.05) is 20.3 Å². The van der Waals surface area contributed by atoms with Crippen molar-refractivity contribution >= 4 is 52.6 Å². The number of oxime groups is 1. The van der Waals surface area contributed by atoms with Crippen LogP contribution < -0.4 is 31.7 Å². The first-order valence-electron chi connectivity index (χ1n) is 23.0. The topological polar surface area (TPSA) is 361 Å². The van der Waals surface area contributed by atoms with Gasteiger partial charge in [-0.15, -0.1) is 0 Å². The van der Waals surface area contributed by atoms with Gasteiger partial charge in [0.15, 0.2) is 24.5 Å². The number of phenolic OH excluding ortho intramolecular Hbond substituents is 3. The minimum atomic E-state index is -2.15. The van der Waals surface area contributed by atoms with E-state index in [1.54, 1.807) is 19.1 Å². The highest BCUT2D eigenvalue weighted by atomic mass is 16.7. The van der Waals surface area contributed by atoms with Crippen LogP contribution >= 0.6 is 0 Å². The SMILES string of the molecule is COc1cccc2c1C(=O)c1c(O)c3c(c(O)c1C2=O)C[C@@](O)(C(C)=O)C[C@@H]3OC1CC(NC(=O)CCC/C(C)=N/OCC(=O)N[C@@H](C)C(=O)N[C@@H](Cc2ccc(O)cc2)C(=O)NCC(N)=O)C(O)C(C)O1. The number of aliphatic hydroxyl groups is 2. The van der Waals surface area contributed by atoms with E-state index in [0.717, 1.165) is 6.92 Å². The van der Waals surface area contributed by atoms with Crippen molar-refractivity contribution in [2.45, 2.75) is 121 Å². The zero-order valence-electron chi connectivity index (χ0n) is 40.1. The molecule has 0 saturated carbocycles. The van der Waals surface area contributed by atoms with E-state index in [1.165, 1.54) is 51.3 Å². The van der Waals surface area contributed by atoms with Crippen LogP contribution in [0.5, 0.6) is 23.0 Å². The molecule has 386 valence electrons. The Morgan fingerprint density at radius 3 is 2.28 bits per heavy atom. The van der Waals surface area contributed by atoms with Gasteiger partial charge in [0.25, 0.3) is 5.91 Å². The lowest BCUT2D eigenvalue weighted by molar-refractivity contribution is -0.249. The maximum Gasteiger partial charge on any atom is 0.261 e. The van der Waals surface area contributed by atoms with Crippen LogP contribution in [0, 0.1) is 0 Å². The van der Waals surface area contributed by atoms with Gasteiger partial charge in [0, 0.05) is 48.8 Å². The van der Waals surface area contributed by atoms with Crippen LogP contribution in [0.3, 0.4) is 0 Å². The smallest absolute Gasteiger partial charge is 0.261 e. The molecule has 23 nitrogen and oxygen atoms in total. The molecular formula is C49H58N6O17. The first-order valence-corrected chi connectivity index (χ1v) is 23.0. The summed E-state index contributed by atoms with van der Waals surface area (Å²) in [5.74, 6) is -7.11. The molecule has 1 saturated heterocycles. The van der Waals surface area contributed by atoms with E-state index in [9.17, 15) is 63.9 Å². The Kier molecular flexibility index (Phi) is 17.0. The van der Waals surface area contributed by atoms with Crippen LogP contribution in [-0.2, 0) is 55.9 Å². The third kappa shape index (κ3) is 12.2. The van der Waals surface area contributed by atoms with E-state index in [2.05, 4.69) is 26.4 Å². The van der Waals surface area contributed by atoms with E-state index in [0.29, 0.717) is 11.3 Å². The molecule has 6 rings (SSSR count). The van der Waals surface area contributed by atoms with Gasteiger partial charge in [-0.2, -0.15) is 0 Å². The highest BCUT2D eigenvalue weighted by molar-refractivity contribution is 6.31. The molecule has 1 fully saturated rings. The second kappa shape index (κ2) is 22.7. The summed E-state index contributed by atoms with van der Waals surface area (Å²) in [4.78, 5) is 109. The lowest BCUT2D eigenvalue weighted by Crippen LogP contribution is -2.55. The molecular weight excluding hydrogens is 945 g/mol. The average molecular weight is 1000 g/mol. The lowest BCUT2D eigenvalue weighted by atomic mass is 9.72. The predicted molar refractivity (Wildman–Crippen MR) is 251 cm³/mol. The number of carbonyl (C=O) groups excluding carboxylic acids is 8. The van der Waals surface area contributed by atoms with Crippen molar-refractivity contribution in [1.29, 1.82) is 0 Å². The maximum absolute atomic E-state index is 14.0. The number of rotatable bonds is 20. The molecule has 1 aliphatic heterocycles. The summed E-state index contributed by atoms with van der Waals surface area (Å²) >= 11 is 0. The van der Waals surface area contributed by atoms with Crippen molar-refractivity contribution in [3.63, 3.8) is 0 Å². The molecule has 0 radical (unpaired) electrons. The number of Topliss-reactive ketones (excluding diaryl/α,β-unsaturated/α-hetero) is 1. The number of nitrogens with zero attached hydrogens (tertiary/aromatic N) is 1. The molecule has 3 aromatic carbocycles. The van der Waals surface area contributed by atoms with Gasteiger partial charge in [-0.1, -0.05) is 29.4 Å². The molecule has 0 spiro atoms. The molecule has 0 aromatic heterocycles. The number of nitrogens with two attached hydrogens (primary N) is 1. The van der Waals surface area contributed by atoms with Crippen molar-refractivity contribution in [1.82, 2.24) is 21.3 Å². The van der Waals surface area contributed by atoms with E-state index in [4.69, 9.17) is 24.8 Å². The van der Waals surface area contributed by atoms with Crippen LogP contribution in [0.2, 0.25) is 0 Å². The number of carbonyl (C=O) groups is 8. The fourth-order valence-corrected chi connectivity index (χ4v) is 8.82. The van der Waals surface area contributed by atoms with Gasteiger partial charge in [-0.25, -0.2) is 0 Å². The summed E-state index contributed by atoms with van der Waals surface area (Å²) in [7, 11) is 1.30. The Morgan fingerprint density at radius 1 is 0.917 bits per heavy atom. The monoisotopic (exact) mass is 1000 g/mol. The summed E-state index contributed by atoms with van der Waals surface area (Å²) in [5, 5.41) is 69.6. The Bertz CT molecular complexity index is 2670. The van der Waals surface area contributed by atoms with Gasteiger partial charge in [0.2, 0.25) is 29.4 Å². The molecule has 23 heteroatoms.